The van der Waals surface area contributed by atoms with Gasteiger partial charge in [0, 0.05) is 18.0 Å². The van der Waals surface area contributed by atoms with Gasteiger partial charge in [0.2, 0.25) is 0 Å². The summed E-state index contributed by atoms with van der Waals surface area (Å²) in [5.74, 6) is 1.03. The van der Waals surface area contributed by atoms with Gasteiger partial charge in [-0.05, 0) is 41.1 Å². The minimum atomic E-state index is 0.884. The summed E-state index contributed by atoms with van der Waals surface area (Å²) in [6.07, 6.45) is 0. The summed E-state index contributed by atoms with van der Waals surface area (Å²) in [4.78, 5) is 8.95. The van der Waals surface area contributed by atoms with Crippen molar-refractivity contribution in [1.82, 2.24) is 14.5 Å². The summed E-state index contributed by atoms with van der Waals surface area (Å²) in [5.41, 5.74) is 3.29. The smallest absolute Gasteiger partial charge is 0.124 e. The molecule has 0 saturated heterocycles. The lowest BCUT2D eigenvalue weighted by Crippen LogP contribution is -1.89. The molecule has 0 bridgehead atoms. The zero-order valence-electron chi connectivity index (χ0n) is 9.44. The number of benzene rings is 1. The van der Waals surface area contributed by atoms with Crippen molar-refractivity contribution in [2.75, 3.05) is 0 Å². The fraction of sp³-hybridized carbons (Fsp3) is 0.167. The molecule has 5 heteroatoms. The van der Waals surface area contributed by atoms with E-state index in [1.807, 2.05) is 19.4 Å². The van der Waals surface area contributed by atoms with E-state index in [-0.39, 0.29) is 0 Å². The molecule has 0 unspecified atom stereocenters. The average molecular weight is 308 g/mol. The monoisotopic (exact) mass is 307 g/mol. The second-order valence-electron chi connectivity index (χ2n) is 3.90. The summed E-state index contributed by atoms with van der Waals surface area (Å²) in [5, 5.41) is 3.01. The van der Waals surface area contributed by atoms with Gasteiger partial charge in [0.15, 0.2) is 0 Å². The third-order valence-corrected chi connectivity index (χ3v) is 4.43. The molecule has 1 aromatic carbocycles. The Labute approximate surface area is 111 Å². The van der Waals surface area contributed by atoms with Crippen molar-refractivity contribution in [2.24, 2.45) is 7.05 Å². The van der Waals surface area contributed by atoms with Crippen LogP contribution >= 0.6 is 27.3 Å². The van der Waals surface area contributed by atoms with Crippen LogP contribution in [0.5, 0.6) is 0 Å². The van der Waals surface area contributed by atoms with Crippen LogP contribution in [0.3, 0.4) is 0 Å². The Bertz CT molecular complexity index is 699. The average Bonchev–Trinajstić information content (AvgIpc) is 2.85. The second-order valence-corrected chi connectivity index (χ2v) is 5.57. The highest BCUT2D eigenvalue weighted by Gasteiger charge is 2.08. The van der Waals surface area contributed by atoms with E-state index in [2.05, 4.69) is 48.7 Å². The third kappa shape index (κ3) is 1.79. The summed E-state index contributed by atoms with van der Waals surface area (Å²) in [6, 6.07) is 6.28. The van der Waals surface area contributed by atoms with Crippen LogP contribution in [0, 0.1) is 6.92 Å². The number of hydrogen-bond acceptors (Lipinski definition) is 3. The molecule has 3 rings (SSSR count). The van der Waals surface area contributed by atoms with Crippen LogP contribution in [0.15, 0.2) is 28.2 Å². The van der Waals surface area contributed by atoms with Gasteiger partial charge in [-0.1, -0.05) is 0 Å². The number of imidazole rings is 1. The topological polar surface area (TPSA) is 30.7 Å². The fourth-order valence-electron chi connectivity index (χ4n) is 1.84. The van der Waals surface area contributed by atoms with Gasteiger partial charge in [-0.3, -0.25) is 0 Å². The van der Waals surface area contributed by atoms with Gasteiger partial charge in [-0.2, -0.15) is 0 Å². The van der Waals surface area contributed by atoms with Crippen molar-refractivity contribution in [3.63, 3.8) is 0 Å². The molecule has 17 heavy (non-hydrogen) atoms. The number of aromatic nitrogens is 3. The number of rotatable bonds is 1. The molecule has 0 amide bonds. The highest BCUT2D eigenvalue weighted by atomic mass is 79.9. The van der Waals surface area contributed by atoms with Crippen molar-refractivity contribution in [3.05, 3.63) is 34.0 Å². The quantitative estimate of drug-likeness (QED) is 0.685. The predicted octanol–water partition coefficient (Wildman–Crippen LogP) is 3.77. The molecule has 0 radical (unpaired) electrons. The van der Waals surface area contributed by atoms with Gasteiger partial charge in [0.1, 0.15) is 15.4 Å². The highest BCUT2D eigenvalue weighted by Crippen LogP contribution is 2.28. The Morgan fingerprint density at radius 2 is 2.12 bits per heavy atom. The van der Waals surface area contributed by atoms with E-state index >= 15 is 0 Å². The molecular formula is C12H10BrN3S. The van der Waals surface area contributed by atoms with Crippen LogP contribution in [0.2, 0.25) is 0 Å². The van der Waals surface area contributed by atoms with Crippen LogP contribution in [0.25, 0.3) is 21.6 Å². The summed E-state index contributed by atoms with van der Waals surface area (Å²) >= 11 is 5.00. The molecule has 0 aliphatic heterocycles. The van der Waals surface area contributed by atoms with E-state index in [0.717, 1.165) is 32.0 Å². The van der Waals surface area contributed by atoms with Gasteiger partial charge in [-0.25, -0.2) is 9.97 Å². The highest BCUT2D eigenvalue weighted by molar-refractivity contribution is 9.10. The van der Waals surface area contributed by atoms with Crippen molar-refractivity contribution < 1.29 is 0 Å². The molecule has 3 aromatic rings. The number of fused-ring (bicyclic) bond motifs is 1. The SMILES string of the molecule is Cc1nc2cc(-c3nc(Br)cs3)ccc2n1C. The molecule has 0 spiro atoms. The van der Waals surface area contributed by atoms with Gasteiger partial charge in [0.05, 0.1) is 11.0 Å². The van der Waals surface area contributed by atoms with Crippen LogP contribution < -0.4 is 0 Å². The van der Waals surface area contributed by atoms with Crippen molar-refractivity contribution in [1.29, 1.82) is 0 Å². The maximum atomic E-state index is 4.53. The fourth-order valence-corrected chi connectivity index (χ4v) is 3.09. The Hall–Kier alpha value is -1.20. The van der Waals surface area contributed by atoms with Crippen molar-refractivity contribution >= 4 is 38.3 Å². The van der Waals surface area contributed by atoms with Crippen LogP contribution in [0.1, 0.15) is 5.82 Å². The van der Waals surface area contributed by atoms with E-state index in [1.54, 1.807) is 11.3 Å². The molecule has 2 heterocycles. The lowest BCUT2D eigenvalue weighted by atomic mass is 10.2. The number of aryl methyl sites for hydroxylation is 2. The predicted molar refractivity (Wildman–Crippen MR) is 74.3 cm³/mol. The first-order chi connectivity index (χ1) is 8.15. The molecule has 0 aliphatic rings. The first kappa shape index (κ1) is 10.9. The minimum absolute atomic E-state index is 0.884. The maximum Gasteiger partial charge on any atom is 0.124 e. The molecular weight excluding hydrogens is 298 g/mol. The normalized spacial score (nSPS) is 11.2. The number of halogens is 1. The van der Waals surface area contributed by atoms with Crippen LogP contribution in [-0.2, 0) is 7.05 Å². The Morgan fingerprint density at radius 1 is 1.29 bits per heavy atom. The molecule has 0 N–H and O–H groups in total. The minimum Gasteiger partial charge on any atom is -0.331 e. The molecule has 0 aliphatic carbocycles. The van der Waals surface area contributed by atoms with Gasteiger partial charge in [0.25, 0.3) is 0 Å². The van der Waals surface area contributed by atoms with Crippen molar-refractivity contribution in [2.45, 2.75) is 6.92 Å². The van der Waals surface area contributed by atoms with E-state index in [0.29, 0.717) is 0 Å². The lowest BCUT2D eigenvalue weighted by Gasteiger charge is -1.98. The summed E-state index contributed by atoms with van der Waals surface area (Å²) < 4.78 is 2.98. The van der Waals surface area contributed by atoms with Crippen LogP contribution in [-0.4, -0.2) is 14.5 Å². The van der Waals surface area contributed by atoms with Crippen molar-refractivity contribution in [3.8, 4) is 10.6 Å². The molecule has 3 nitrogen and oxygen atoms in total. The van der Waals surface area contributed by atoms with E-state index in [4.69, 9.17) is 0 Å². The summed E-state index contributed by atoms with van der Waals surface area (Å²) in [6.45, 7) is 2.01. The zero-order chi connectivity index (χ0) is 12.0. The van der Waals surface area contributed by atoms with E-state index in [1.165, 1.54) is 0 Å². The molecule has 0 fully saturated rings. The molecule has 86 valence electrons. The Balaban J connectivity index is 2.20. The van der Waals surface area contributed by atoms with Gasteiger partial charge in [-0.15, -0.1) is 11.3 Å². The summed E-state index contributed by atoms with van der Waals surface area (Å²) in [7, 11) is 2.03. The standard InChI is InChI=1S/C12H10BrN3S/c1-7-14-9-5-8(3-4-10(9)16(7)2)12-15-11(13)6-17-12/h3-6H,1-2H3. The largest absolute Gasteiger partial charge is 0.331 e. The van der Waals surface area contributed by atoms with E-state index < -0.39 is 0 Å². The second kappa shape index (κ2) is 3.92. The zero-order valence-corrected chi connectivity index (χ0v) is 11.8. The molecule has 0 saturated carbocycles. The lowest BCUT2D eigenvalue weighted by molar-refractivity contribution is 0.886. The Morgan fingerprint density at radius 3 is 2.82 bits per heavy atom. The third-order valence-electron chi connectivity index (χ3n) is 2.83. The maximum absolute atomic E-state index is 4.53. The number of nitrogens with zero attached hydrogens (tertiary/aromatic N) is 3. The first-order valence-corrected chi connectivity index (χ1v) is 6.87. The number of thiazole rings is 1. The van der Waals surface area contributed by atoms with E-state index in [9.17, 15) is 0 Å². The first-order valence-electron chi connectivity index (χ1n) is 5.19. The molecule has 2 aromatic heterocycles. The molecule has 0 atom stereocenters. The Kier molecular flexibility index (Phi) is 2.52. The van der Waals surface area contributed by atoms with Crippen LogP contribution in [0.4, 0.5) is 0 Å². The number of hydrogen-bond donors (Lipinski definition) is 0. The van der Waals surface area contributed by atoms with Gasteiger partial charge < -0.3 is 4.57 Å². The van der Waals surface area contributed by atoms with Gasteiger partial charge >= 0.3 is 0 Å².